The number of aryl methyl sites for hydroxylation is 1. The van der Waals surface area contributed by atoms with Crippen molar-refractivity contribution in [3.8, 4) is 5.75 Å². The third-order valence-corrected chi connectivity index (χ3v) is 5.54. The molecule has 0 saturated carbocycles. The number of aromatic amines is 1. The van der Waals surface area contributed by atoms with Crippen LogP contribution in [0.25, 0.3) is 0 Å². The first kappa shape index (κ1) is 20.6. The Morgan fingerprint density at radius 1 is 1.32 bits per heavy atom. The Morgan fingerprint density at radius 3 is 2.82 bits per heavy atom. The maximum absolute atomic E-state index is 12.4. The van der Waals surface area contributed by atoms with E-state index >= 15 is 0 Å². The minimum absolute atomic E-state index is 0.0102. The highest BCUT2D eigenvalue weighted by Gasteiger charge is 2.24. The molecule has 28 heavy (non-hydrogen) atoms. The van der Waals surface area contributed by atoms with Crippen LogP contribution in [0.4, 0.5) is 0 Å². The molecule has 1 aromatic carbocycles. The molecule has 2 aromatic rings. The molecule has 152 valence electrons. The second kappa shape index (κ2) is 9.34. The van der Waals surface area contributed by atoms with Crippen LogP contribution in [0.3, 0.4) is 0 Å². The third kappa shape index (κ3) is 4.62. The van der Waals surface area contributed by atoms with Crippen molar-refractivity contribution in [3.63, 3.8) is 0 Å². The molecule has 1 N–H and O–H groups in total. The lowest BCUT2D eigenvalue weighted by Gasteiger charge is -2.32. The van der Waals surface area contributed by atoms with E-state index in [9.17, 15) is 4.79 Å². The predicted molar refractivity (Wildman–Crippen MR) is 110 cm³/mol. The number of likely N-dealkylation sites (tertiary alicyclic amines) is 1. The van der Waals surface area contributed by atoms with Crippen LogP contribution < -0.4 is 10.3 Å². The second-order valence-electron chi connectivity index (χ2n) is 7.52. The summed E-state index contributed by atoms with van der Waals surface area (Å²) in [5, 5.41) is 0. The fourth-order valence-electron chi connectivity index (χ4n) is 4.12. The molecule has 6 nitrogen and oxygen atoms in total. The van der Waals surface area contributed by atoms with E-state index in [1.54, 1.807) is 14.2 Å². The second-order valence-corrected chi connectivity index (χ2v) is 7.52. The van der Waals surface area contributed by atoms with Crippen LogP contribution in [-0.4, -0.2) is 42.2 Å². The molecule has 3 rings (SSSR count). The summed E-state index contributed by atoms with van der Waals surface area (Å²) in [6.07, 6.45) is 2.84. The smallest absolute Gasteiger partial charge is 0.254 e. The molecule has 0 amide bonds. The lowest BCUT2D eigenvalue weighted by molar-refractivity contribution is 0.183. The van der Waals surface area contributed by atoms with E-state index in [0.29, 0.717) is 13.0 Å². The zero-order valence-corrected chi connectivity index (χ0v) is 17.4. The van der Waals surface area contributed by atoms with E-state index in [4.69, 9.17) is 14.5 Å². The van der Waals surface area contributed by atoms with Gasteiger partial charge in [0.2, 0.25) is 0 Å². The molecule has 2 heterocycles. The van der Waals surface area contributed by atoms with Gasteiger partial charge in [-0.15, -0.1) is 0 Å². The van der Waals surface area contributed by atoms with Gasteiger partial charge in [-0.1, -0.05) is 13.0 Å². The zero-order valence-electron chi connectivity index (χ0n) is 17.4. The van der Waals surface area contributed by atoms with Crippen LogP contribution in [0.1, 0.15) is 53.9 Å². The van der Waals surface area contributed by atoms with Crippen molar-refractivity contribution < 1.29 is 9.47 Å². The van der Waals surface area contributed by atoms with Crippen molar-refractivity contribution in [1.82, 2.24) is 14.9 Å². The highest BCUT2D eigenvalue weighted by Crippen LogP contribution is 2.28. The van der Waals surface area contributed by atoms with Gasteiger partial charge in [-0.3, -0.25) is 9.69 Å². The van der Waals surface area contributed by atoms with Crippen LogP contribution in [0, 0.1) is 6.92 Å². The van der Waals surface area contributed by atoms with Crippen molar-refractivity contribution in [1.29, 1.82) is 0 Å². The van der Waals surface area contributed by atoms with Gasteiger partial charge in [-0.2, -0.15) is 0 Å². The van der Waals surface area contributed by atoms with E-state index < -0.39 is 0 Å². The molecule has 0 spiro atoms. The average molecular weight is 386 g/mol. The van der Waals surface area contributed by atoms with E-state index in [1.165, 1.54) is 0 Å². The number of benzene rings is 1. The van der Waals surface area contributed by atoms with Gasteiger partial charge >= 0.3 is 0 Å². The molecular formula is C22H31N3O3. The van der Waals surface area contributed by atoms with E-state index in [1.807, 2.05) is 26.0 Å². The molecular weight excluding hydrogens is 354 g/mol. The van der Waals surface area contributed by atoms with Gasteiger partial charge < -0.3 is 14.5 Å². The summed E-state index contributed by atoms with van der Waals surface area (Å²) in [5.74, 6) is 1.97. The van der Waals surface area contributed by atoms with Gasteiger partial charge in [0.05, 0.1) is 13.7 Å². The molecule has 6 heteroatoms. The molecule has 1 aromatic heterocycles. The van der Waals surface area contributed by atoms with Crippen molar-refractivity contribution >= 4 is 0 Å². The standard InChI is InChI=1S/C22H31N3O3/c1-5-19-15(2)23-21(24-22(19)26)17-7-6-10-25(12-17)13-18-11-16(14-27-3)8-9-20(18)28-4/h8-9,11,17H,5-7,10,12-14H2,1-4H3,(H,23,24,26)/t17-/m0/s1. The number of nitrogens with one attached hydrogen (secondary N) is 1. The van der Waals surface area contributed by atoms with Gasteiger partial charge in [-0.25, -0.2) is 4.98 Å². The molecule has 0 bridgehead atoms. The van der Waals surface area contributed by atoms with Crippen molar-refractivity contribution in [3.05, 3.63) is 56.8 Å². The molecule has 1 saturated heterocycles. The summed E-state index contributed by atoms with van der Waals surface area (Å²) in [4.78, 5) is 22.5. The summed E-state index contributed by atoms with van der Waals surface area (Å²) < 4.78 is 10.8. The van der Waals surface area contributed by atoms with Crippen molar-refractivity contribution in [2.45, 2.75) is 52.2 Å². The molecule has 1 atom stereocenters. The van der Waals surface area contributed by atoms with Gasteiger partial charge in [0.1, 0.15) is 11.6 Å². The number of nitrogens with zero attached hydrogens (tertiary/aromatic N) is 2. The Morgan fingerprint density at radius 2 is 2.14 bits per heavy atom. The number of rotatable bonds is 7. The van der Waals surface area contributed by atoms with E-state index in [-0.39, 0.29) is 11.5 Å². The number of aromatic nitrogens is 2. The Kier molecular flexibility index (Phi) is 6.86. The summed E-state index contributed by atoms with van der Waals surface area (Å²) >= 11 is 0. The number of ether oxygens (including phenoxy) is 2. The van der Waals surface area contributed by atoms with Crippen LogP contribution in [0.5, 0.6) is 5.75 Å². The number of piperidine rings is 1. The zero-order chi connectivity index (χ0) is 20.1. The van der Waals surface area contributed by atoms with Gasteiger partial charge in [0, 0.05) is 42.9 Å². The normalized spacial score (nSPS) is 17.6. The van der Waals surface area contributed by atoms with Gasteiger partial charge in [0.25, 0.3) is 5.56 Å². The number of hydrogen-bond acceptors (Lipinski definition) is 5. The number of hydrogen-bond donors (Lipinski definition) is 1. The van der Waals surface area contributed by atoms with Gasteiger partial charge in [0.15, 0.2) is 0 Å². The van der Waals surface area contributed by atoms with Crippen LogP contribution in [-0.2, 0) is 24.3 Å². The first-order chi connectivity index (χ1) is 13.5. The highest BCUT2D eigenvalue weighted by atomic mass is 16.5. The fourth-order valence-corrected chi connectivity index (χ4v) is 4.12. The molecule has 0 aliphatic carbocycles. The topological polar surface area (TPSA) is 67.5 Å². The number of H-pyrrole nitrogens is 1. The maximum atomic E-state index is 12.4. The Labute approximate surface area is 166 Å². The molecule has 1 aliphatic heterocycles. The van der Waals surface area contributed by atoms with Crippen molar-refractivity contribution in [2.75, 3.05) is 27.3 Å². The lowest BCUT2D eigenvalue weighted by Crippen LogP contribution is -2.35. The summed E-state index contributed by atoms with van der Waals surface area (Å²) in [6.45, 7) is 7.24. The Balaban J connectivity index is 1.77. The average Bonchev–Trinajstić information content (AvgIpc) is 2.68. The maximum Gasteiger partial charge on any atom is 0.254 e. The fraction of sp³-hybridized carbons (Fsp3) is 0.545. The predicted octanol–water partition coefficient (Wildman–Crippen LogP) is 3.18. The summed E-state index contributed by atoms with van der Waals surface area (Å²) in [7, 11) is 3.42. The SMILES string of the molecule is CCc1c(C)nc([C@H]2CCCN(Cc3cc(COC)ccc3OC)C2)[nH]c1=O. The third-order valence-electron chi connectivity index (χ3n) is 5.54. The Bertz CT molecular complexity index is 863. The Hall–Kier alpha value is -2.18. The first-order valence-electron chi connectivity index (χ1n) is 10.0. The summed E-state index contributed by atoms with van der Waals surface area (Å²) in [6, 6.07) is 6.21. The van der Waals surface area contributed by atoms with E-state index in [0.717, 1.165) is 66.4 Å². The van der Waals surface area contributed by atoms with Crippen LogP contribution in [0.2, 0.25) is 0 Å². The lowest BCUT2D eigenvalue weighted by atomic mass is 9.96. The molecule has 1 aliphatic rings. The minimum atomic E-state index is 0.0102. The molecule has 1 fully saturated rings. The number of methoxy groups -OCH3 is 2. The molecule has 0 unspecified atom stereocenters. The van der Waals surface area contributed by atoms with Crippen molar-refractivity contribution in [2.24, 2.45) is 0 Å². The minimum Gasteiger partial charge on any atom is -0.496 e. The van der Waals surface area contributed by atoms with Gasteiger partial charge in [-0.05, 0) is 50.4 Å². The quantitative estimate of drug-likeness (QED) is 0.793. The largest absolute Gasteiger partial charge is 0.496 e. The monoisotopic (exact) mass is 385 g/mol. The van der Waals surface area contributed by atoms with Crippen LogP contribution >= 0.6 is 0 Å². The summed E-state index contributed by atoms with van der Waals surface area (Å²) in [5.41, 5.74) is 3.96. The van der Waals surface area contributed by atoms with E-state index in [2.05, 4.69) is 16.0 Å². The highest BCUT2D eigenvalue weighted by molar-refractivity contribution is 5.37. The van der Waals surface area contributed by atoms with Crippen LogP contribution in [0.15, 0.2) is 23.0 Å². The molecule has 0 radical (unpaired) electrons. The first-order valence-corrected chi connectivity index (χ1v) is 10.0.